The molecule has 0 saturated carbocycles. The van der Waals surface area contributed by atoms with E-state index in [-0.39, 0.29) is 0 Å². The summed E-state index contributed by atoms with van der Waals surface area (Å²) in [4.78, 5) is 0. The first-order valence-corrected chi connectivity index (χ1v) is 3.91. The zero-order chi connectivity index (χ0) is 7.66. The number of allylic oxidation sites excluding steroid dienone is 3. The van der Waals surface area contributed by atoms with Gasteiger partial charge >= 0.3 is 0 Å². The highest BCUT2D eigenvalue weighted by Crippen LogP contribution is 1.90. The van der Waals surface area contributed by atoms with Crippen LogP contribution in [-0.4, -0.2) is 6.54 Å². The molecule has 10 heavy (non-hydrogen) atoms. The van der Waals surface area contributed by atoms with Crippen molar-refractivity contribution in [1.82, 2.24) is 5.32 Å². The fraction of sp³-hybridized carbons (Fsp3) is 0.556. The molecule has 0 heterocycles. The van der Waals surface area contributed by atoms with Crippen molar-refractivity contribution >= 4 is 0 Å². The second kappa shape index (κ2) is 8.28. The maximum absolute atomic E-state index is 3.12. The Labute approximate surface area is 63.8 Å². The van der Waals surface area contributed by atoms with Crippen LogP contribution >= 0.6 is 0 Å². The Morgan fingerprint density at radius 2 is 1.90 bits per heavy atom. The van der Waals surface area contributed by atoms with Gasteiger partial charge in [0.1, 0.15) is 0 Å². The van der Waals surface area contributed by atoms with Gasteiger partial charge in [0, 0.05) is 6.54 Å². The summed E-state index contributed by atoms with van der Waals surface area (Å²) in [5, 5.41) is 3.12. The molecule has 0 aromatic rings. The standard InChI is InChI=1S/C9H17N/c1-3-5-6-7-8-9-10-4-2/h3,5,8-10H,4,6-7H2,1-2H3/b5-3-,9-8+. The van der Waals surface area contributed by atoms with Crippen molar-refractivity contribution in [2.45, 2.75) is 26.7 Å². The second-order valence-electron chi connectivity index (χ2n) is 2.11. The third kappa shape index (κ3) is 7.28. The lowest BCUT2D eigenvalue weighted by Crippen LogP contribution is -2.00. The average Bonchev–Trinajstić information content (AvgIpc) is 1.97. The van der Waals surface area contributed by atoms with E-state index in [0.29, 0.717) is 0 Å². The van der Waals surface area contributed by atoms with Crippen molar-refractivity contribution in [2.75, 3.05) is 6.54 Å². The molecule has 0 atom stereocenters. The summed E-state index contributed by atoms with van der Waals surface area (Å²) in [5.74, 6) is 0. The number of rotatable bonds is 5. The normalized spacial score (nSPS) is 11.4. The first-order valence-electron chi connectivity index (χ1n) is 3.91. The van der Waals surface area contributed by atoms with Crippen LogP contribution in [0.5, 0.6) is 0 Å². The molecule has 0 aliphatic carbocycles. The molecule has 0 rings (SSSR count). The third-order valence-electron chi connectivity index (χ3n) is 1.18. The van der Waals surface area contributed by atoms with Crippen molar-refractivity contribution in [3.05, 3.63) is 24.4 Å². The first-order chi connectivity index (χ1) is 4.91. The van der Waals surface area contributed by atoms with E-state index in [1.807, 2.05) is 13.1 Å². The molecule has 0 fully saturated rings. The second-order valence-corrected chi connectivity index (χ2v) is 2.11. The lowest BCUT2D eigenvalue weighted by atomic mass is 10.3. The van der Waals surface area contributed by atoms with Gasteiger partial charge in [-0.05, 0) is 32.9 Å². The van der Waals surface area contributed by atoms with Crippen molar-refractivity contribution < 1.29 is 0 Å². The molecule has 1 N–H and O–H groups in total. The van der Waals surface area contributed by atoms with E-state index in [1.54, 1.807) is 0 Å². The highest BCUT2D eigenvalue weighted by atomic mass is 14.8. The minimum atomic E-state index is 1.01. The lowest BCUT2D eigenvalue weighted by Gasteiger charge is -1.90. The number of hydrogen-bond acceptors (Lipinski definition) is 1. The van der Waals surface area contributed by atoms with Gasteiger partial charge < -0.3 is 5.32 Å². The van der Waals surface area contributed by atoms with Gasteiger partial charge in [-0.1, -0.05) is 18.2 Å². The maximum atomic E-state index is 3.12. The largest absolute Gasteiger partial charge is 0.391 e. The van der Waals surface area contributed by atoms with Gasteiger partial charge in [-0.25, -0.2) is 0 Å². The highest BCUT2D eigenvalue weighted by molar-refractivity contribution is 4.84. The molecule has 58 valence electrons. The zero-order valence-corrected chi connectivity index (χ0v) is 6.93. The van der Waals surface area contributed by atoms with Crippen LogP contribution in [0.15, 0.2) is 24.4 Å². The Hall–Kier alpha value is -0.720. The number of hydrogen-bond donors (Lipinski definition) is 1. The summed E-state index contributed by atoms with van der Waals surface area (Å²) in [7, 11) is 0. The van der Waals surface area contributed by atoms with Crippen molar-refractivity contribution in [2.24, 2.45) is 0 Å². The van der Waals surface area contributed by atoms with E-state index < -0.39 is 0 Å². The molecule has 0 aromatic heterocycles. The molecule has 0 amide bonds. The molecule has 1 heteroatoms. The van der Waals surface area contributed by atoms with Gasteiger partial charge in [-0.15, -0.1) is 0 Å². The first kappa shape index (κ1) is 9.28. The summed E-state index contributed by atoms with van der Waals surface area (Å²) >= 11 is 0. The van der Waals surface area contributed by atoms with E-state index in [1.165, 1.54) is 0 Å². The van der Waals surface area contributed by atoms with Crippen LogP contribution in [0.4, 0.5) is 0 Å². The SMILES string of the molecule is C/C=C\CC/C=C/NCC. The van der Waals surface area contributed by atoms with Gasteiger partial charge in [0.05, 0.1) is 0 Å². The van der Waals surface area contributed by atoms with Crippen LogP contribution in [0.25, 0.3) is 0 Å². The summed E-state index contributed by atoms with van der Waals surface area (Å²) < 4.78 is 0. The molecule has 0 radical (unpaired) electrons. The maximum Gasteiger partial charge on any atom is 0.0112 e. The lowest BCUT2D eigenvalue weighted by molar-refractivity contribution is 0.905. The Balaban J connectivity index is 3.02. The quantitative estimate of drug-likeness (QED) is 0.455. The summed E-state index contributed by atoms with van der Waals surface area (Å²) in [6.07, 6.45) is 10.7. The molecule has 0 bridgehead atoms. The molecular weight excluding hydrogens is 122 g/mol. The highest BCUT2D eigenvalue weighted by Gasteiger charge is 1.73. The van der Waals surface area contributed by atoms with Gasteiger partial charge in [-0.2, -0.15) is 0 Å². The summed E-state index contributed by atoms with van der Waals surface area (Å²) in [5.41, 5.74) is 0. The monoisotopic (exact) mass is 139 g/mol. The Morgan fingerprint density at radius 1 is 1.20 bits per heavy atom. The molecule has 0 unspecified atom stereocenters. The minimum absolute atomic E-state index is 1.01. The van der Waals surface area contributed by atoms with Crippen molar-refractivity contribution in [3.63, 3.8) is 0 Å². The van der Waals surface area contributed by atoms with Crippen molar-refractivity contribution in [3.8, 4) is 0 Å². The van der Waals surface area contributed by atoms with Gasteiger partial charge in [0.2, 0.25) is 0 Å². The Morgan fingerprint density at radius 3 is 2.50 bits per heavy atom. The van der Waals surface area contributed by atoms with Crippen LogP contribution in [0.3, 0.4) is 0 Å². The predicted molar refractivity (Wildman–Crippen MR) is 46.9 cm³/mol. The molecule has 0 aliphatic heterocycles. The predicted octanol–water partition coefficient (Wildman–Crippen LogP) is 2.47. The molecular formula is C9H17N. The number of unbranched alkanes of at least 4 members (excludes halogenated alkanes) is 1. The fourth-order valence-corrected chi connectivity index (χ4v) is 0.644. The van der Waals surface area contributed by atoms with Crippen LogP contribution in [-0.2, 0) is 0 Å². The van der Waals surface area contributed by atoms with E-state index in [0.717, 1.165) is 19.4 Å². The minimum Gasteiger partial charge on any atom is -0.391 e. The Bertz CT molecular complexity index is 103. The molecule has 0 saturated heterocycles. The molecule has 0 spiro atoms. The molecule has 0 aromatic carbocycles. The summed E-state index contributed by atoms with van der Waals surface area (Å²) in [6.45, 7) is 5.16. The van der Waals surface area contributed by atoms with E-state index in [9.17, 15) is 0 Å². The van der Waals surface area contributed by atoms with Gasteiger partial charge in [0.15, 0.2) is 0 Å². The van der Waals surface area contributed by atoms with Gasteiger partial charge in [-0.3, -0.25) is 0 Å². The smallest absolute Gasteiger partial charge is 0.0112 e. The third-order valence-corrected chi connectivity index (χ3v) is 1.18. The fourth-order valence-electron chi connectivity index (χ4n) is 0.644. The van der Waals surface area contributed by atoms with Crippen LogP contribution < -0.4 is 5.32 Å². The van der Waals surface area contributed by atoms with Crippen LogP contribution in [0.2, 0.25) is 0 Å². The summed E-state index contributed by atoms with van der Waals surface area (Å²) in [6, 6.07) is 0. The topological polar surface area (TPSA) is 12.0 Å². The molecule has 0 aliphatic rings. The van der Waals surface area contributed by atoms with E-state index in [2.05, 4.69) is 30.5 Å². The van der Waals surface area contributed by atoms with Gasteiger partial charge in [0.25, 0.3) is 0 Å². The molecule has 1 nitrogen and oxygen atoms in total. The van der Waals surface area contributed by atoms with E-state index >= 15 is 0 Å². The van der Waals surface area contributed by atoms with Crippen LogP contribution in [0, 0.1) is 0 Å². The number of nitrogens with one attached hydrogen (secondary N) is 1. The van der Waals surface area contributed by atoms with E-state index in [4.69, 9.17) is 0 Å². The zero-order valence-electron chi connectivity index (χ0n) is 6.93. The van der Waals surface area contributed by atoms with Crippen LogP contribution in [0.1, 0.15) is 26.7 Å². The average molecular weight is 139 g/mol. The van der Waals surface area contributed by atoms with Crippen molar-refractivity contribution in [1.29, 1.82) is 0 Å². The Kier molecular flexibility index (Phi) is 7.68.